The van der Waals surface area contributed by atoms with Crippen LogP contribution < -0.4 is 5.32 Å². The van der Waals surface area contributed by atoms with Crippen molar-refractivity contribution in [3.05, 3.63) is 42.2 Å². The zero-order chi connectivity index (χ0) is 14.5. The maximum Gasteiger partial charge on any atom is 0.0346 e. The summed E-state index contributed by atoms with van der Waals surface area (Å²) in [7, 11) is 0. The summed E-state index contributed by atoms with van der Waals surface area (Å²) in [5.41, 5.74) is 1.31. The molecule has 112 valence electrons. The molecule has 21 heavy (non-hydrogen) atoms. The van der Waals surface area contributed by atoms with E-state index in [-0.39, 0.29) is 0 Å². The van der Waals surface area contributed by atoms with Gasteiger partial charge in [-0.1, -0.05) is 50.5 Å². The minimum atomic E-state index is 0.927. The number of pyridine rings is 1. The van der Waals surface area contributed by atoms with Gasteiger partial charge in [-0.15, -0.1) is 0 Å². The van der Waals surface area contributed by atoms with Gasteiger partial charge in [0.15, 0.2) is 0 Å². The molecule has 3 rings (SSSR count). The molecule has 1 aliphatic rings. The average Bonchev–Trinajstić information content (AvgIpc) is 2.52. The Bertz CT molecular complexity index is 573. The van der Waals surface area contributed by atoms with Gasteiger partial charge < -0.3 is 5.32 Å². The molecular weight excluding hydrogens is 256 g/mol. The Morgan fingerprint density at radius 2 is 2.10 bits per heavy atom. The van der Waals surface area contributed by atoms with E-state index in [1.807, 2.05) is 12.4 Å². The minimum absolute atomic E-state index is 0.927. The molecule has 2 unspecified atom stereocenters. The Morgan fingerprint density at radius 3 is 3.00 bits per heavy atom. The summed E-state index contributed by atoms with van der Waals surface area (Å²) >= 11 is 0. The van der Waals surface area contributed by atoms with Crippen LogP contribution in [0.15, 0.2) is 36.7 Å². The van der Waals surface area contributed by atoms with Crippen LogP contribution >= 0.6 is 0 Å². The Hall–Kier alpha value is -1.41. The van der Waals surface area contributed by atoms with Gasteiger partial charge in [-0.05, 0) is 42.2 Å². The van der Waals surface area contributed by atoms with Gasteiger partial charge in [-0.2, -0.15) is 0 Å². The Kier molecular flexibility index (Phi) is 4.87. The fraction of sp³-hybridized carbons (Fsp3) is 0.526. The summed E-state index contributed by atoms with van der Waals surface area (Å²) in [6, 6.07) is 8.51. The number of rotatable bonds is 5. The number of fused-ring (bicyclic) bond motifs is 1. The Labute approximate surface area is 128 Å². The van der Waals surface area contributed by atoms with Crippen molar-refractivity contribution in [1.82, 2.24) is 10.3 Å². The highest BCUT2D eigenvalue weighted by Gasteiger charge is 2.18. The van der Waals surface area contributed by atoms with Crippen molar-refractivity contribution in [2.75, 3.05) is 6.54 Å². The average molecular weight is 282 g/mol. The van der Waals surface area contributed by atoms with Gasteiger partial charge >= 0.3 is 0 Å². The van der Waals surface area contributed by atoms with Crippen molar-refractivity contribution in [3.8, 4) is 0 Å². The van der Waals surface area contributed by atoms with Gasteiger partial charge in [-0.3, -0.25) is 4.98 Å². The van der Waals surface area contributed by atoms with Gasteiger partial charge in [0, 0.05) is 24.3 Å². The third-order valence-electron chi connectivity index (χ3n) is 4.84. The third kappa shape index (κ3) is 3.82. The van der Waals surface area contributed by atoms with Gasteiger partial charge in [0.05, 0.1) is 0 Å². The van der Waals surface area contributed by atoms with E-state index in [4.69, 9.17) is 0 Å². The summed E-state index contributed by atoms with van der Waals surface area (Å²) in [5, 5.41) is 6.18. The van der Waals surface area contributed by atoms with Crippen LogP contribution in [0.4, 0.5) is 0 Å². The lowest BCUT2D eigenvalue weighted by molar-refractivity contribution is 0.267. The highest BCUT2D eigenvalue weighted by atomic mass is 14.8. The predicted molar refractivity (Wildman–Crippen MR) is 89.2 cm³/mol. The maximum atomic E-state index is 4.35. The highest BCUT2D eigenvalue weighted by Crippen LogP contribution is 2.30. The Morgan fingerprint density at radius 1 is 1.19 bits per heavy atom. The molecule has 1 heterocycles. The van der Waals surface area contributed by atoms with Crippen molar-refractivity contribution < 1.29 is 0 Å². The van der Waals surface area contributed by atoms with Gasteiger partial charge in [0.2, 0.25) is 0 Å². The zero-order valence-corrected chi connectivity index (χ0v) is 13.0. The first kappa shape index (κ1) is 14.5. The van der Waals surface area contributed by atoms with E-state index in [2.05, 4.69) is 41.5 Å². The predicted octanol–water partition coefficient (Wildman–Crippen LogP) is 4.54. The molecule has 2 atom stereocenters. The standard InChI is InChI=1S/C19H26N2/c1-15-5-4-6-16(11-15)9-10-20-13-18-14-21-12-17-7-2-3-8-19(17)18/h2-3,7-8,12,14-16,20H,4-6,9-11,13H2,1H3. The fourth-order valence-corrected chi connectivity index (χ4v) is 3.67. The number of hydrogen-bond donors (Lipinski definition) is 1. The number of benzene rings is 1. The first-order chi connectivity index (χ1) is 10.3. The quantitative estimate of drug-likeness (QED) is 0.814. The van der Waals surface area contributed by atoms with Crippen molar-refractivity contribution in [1.29, 1.82) is 0 Å². The molecule has 1 aliphatic carbocycles. The van der Waals surface area contributed by atoms with Gasteiger partial charge in [-0.25, -0.2) is 0 Å². The maximum absolute atomic E-state index is 4.35. The van der Waals surface area contributed by atoms with E-state index in [9.17, 15) is 0 Å². The van der Waals surface area contributed by atoms with Crippen LogP contribution in [0.1, 0.15) is 44.6 Å². The molecule has 2 aromatic rings. The lowest BCUT2D eigenvalue weighted by Gasteiger charge is -2.26. The van der Waals surface area contributed by atoms with E-state index < -0.39 is 0 Å². The molecule has 1 aromatic carbocycles. The monoisotopic (exact) mass is 282 g/mol. The molecule has 2 heteroatoms. The molecule has 0 spiro atoms. The van der Waals surface area contributed by atoms with Crippen molar-refractivity contribution >= 4 is 10.8 Å². The first-order valence-electron chi connectivity index (χ1n) is 8.35. The molecule has 0 amide bonds. The zero-order valence-electron chi connectivity index (χ0n) is 13.0. The van der Waals surface area contributed by atoms with Crippen LogP contribution in [0.3, 0.4) is 0 Å². The van der Waals surface area contributed by atoms with Gasteiger partial charge in [0.1, 0.15) is 0 Å². The summed E-state index contributed by atoms with van der Waals surface area (Å²) in [6.45, 7) is 4.46. The first-order valence-corrected chi connectivity index (χ1v) is 8.35. The van der Waals surface area contributed by atoms with E-state index in [1.165, 1.54) is 48.4 Å². The van der Waals surface area contributed by atoms with E-state index in [0.717, 1.165) is 24.9 Å². The summed E-state index contributed by atoms with van der Waals surface area (Å²) in [5.74, 6) is 1.87. The van der Waals surface area contributed by atoms with Crippen LogP contribution in [-0.4, -0.2) is 11.5 Å². The molecule has 1 fully saturated rings. The SMILES string of the molecule is CC1CCCC(CCNCc2cncc3ccccc23)C1. The van der Waals surface area contributed by atoms with Crippen LogP contribution in [0.5, 0.6) is 0 Å². The van der Waals surface area contributed by atoms with E-state index in [0.29, 0.717) is 0 Å². The van der Waals surface area contributed by atoms with Crippen LogP contribution in [0.25, 0.3) is 10.8 Å². The smallest absolute Gasteiger partial charge is 0.0346 e. The molecule has 0 radical (unpaired) electrons. The van der Waals surface area contributed by atoms with Crippen molar-refractivity contribution in [3.63, 3.8) is 0 Å². The third-order valence-corrected chi connectivity index (χ3v) is 4.84. The van der Waals surface area contributed by atoms with Crippen LogP contribution in [0, 0.1) is 11.8 Å². The molecule has 1 N–H and O–H groups in total. The number of nitrogens with zero attached hydrogens (tertiary/aromatic N) is 1. The van der Waals surface area contributed by atoms with Crippen molar-refractivity contribution in [2.45, 2.75) is 45.6 Å². The van der Waals surface area contributed by atoms with E-state index >= 15 is 0 Å². The number of aromatic nitrogens is 1. The molecule has 0 bridgehead atoms. The highest BCUT2D eigenvalue weighted by molar-refractivity contribution is 5.84. The number of hydrogen-bond acceptors (Lipinski definition) is 2. The minimum Gasteiger partial charge on any atom is -0.313 e. The molecule has 0 saturated heterocycles. The largest absolute Gasteiger partial charge is 0.313 e. The van der Waals surface area contributed by atoms with E-state index in [1.54, 1.807) is 0 Å². The summed E-state index contributed by atoms with van der Waals surface area (Å²) in [6.07, 6.45) is 11.0. The number of nitrogens with one attached hydrogen (secondary N) is 1. The molecular formula is C19H26N2. The molecule has 0 aliphatic heterocycles. The topological polar surface area (TPSA) is 24.9 Å². The normalized spacial score (nSPS) is 22.5. The summed E-state index contributed by atoms with van der Waals surface area (Å²) in [4.78, 5) is 4.35. The van der Waals surface area contributed by atoms with Crippen LogP contribution in [0.2, 0.25) is 0 Å². The summed E-state index contributed by atoms with van der Waals surface area (Å²) < 4.78 is 0. The molecule has 1 saturated carbocycles. The second-order valence-corrected chi connectivity index (χ2v) is 6.62. The van der Waals surface area contributed by atoms with Crippen LogP contribution in [-0.2, 0) is 6.54 Å². The second kappa shape index (κ2) is 7.04. The second-order valence-electron chi connectivity index (χ2n) is 6.62. The molecule has 1 aromatic heterocycles. The lowest BCUT2D eigenvalue weighted by Crippen LogP contribution is -2.21. The van der Waals surface area contributed by atoms with Crippen molar-refractivity contribution in [2.24, 2.45) is 11.8 Å². The lowest BCUT2D eigenvalue weighted by atomic mass is 9.81. The fourth-order valence-electron chi connectivity index (χ4n) is 3.67. The molecule has 2 nitrogen and oxygen atoms in total. The Balaban J connectivity index is 1.50. The van der Waals surface area contributed by atoms with Gasteiger partial charge in [0.25, 0.3) is 0 Å².